The molecule has 1 aliphatic rings. The minimum atomic E-state index is -0.246. The van der Waals surface area contributed by atoms with Crippen LogP contribution in [-0.2, 0) is 0 Å². The van der Waals surface area contributed by atoms with Crippen LogP contribution in [0.3, 0.4) is 0 Å². The van der Waals surface area contributed by atoms with Crippen molar-refractivity contribution in [3.8, 4) is 11.5 Å². The fourth-order valence-electron chi connectivity index (χ4n) is 2.93. The summed E-state index contributed by atoms with van der Waals surface area (Å²) < 4.78 is 11.9. The van der Waals surface area contributed by atoms with Crippen molar-refractivity contribution in [2.75, 3.05) is 26.2 Å². The van der Waals surface area contributed by atoms with E-state index in [-0.39, 0.29) is 5.60 Å². The second-order valence-corrected chi connectivity index (χ2v) is 7.16. The Kier molecular flexibility index (Phi) is 5.54. The SMILES string of the molecule is CC1(Oc2ccc(Cl)cc2Cl)CCN(CCOc2ccccc2)C1. The number of ether oxygens (including phenoxy) is 2. The van der Waals surface area contributed by atoms with Crippen molar-refractivity contribution in [2.24, 2.45) is 0 Å². The van der Waals surface area contributed by atoms with E-state index in [0.29, 0.717) is 22.4 Å². The third kappa shape index (κ3) is 4.56. The Hall–Kier alpha value is -1.42. The molecular formula is C19H21Cl2NO2. The summed E-state index contributed by atoms with van der Waals surface area (Å²) in [6, 6.07) is 15.2. The molecule has 2 aromatic rings. The molecule has 2 aromatic carbocycles. The number of likely N-dealkylation sites (tertiary alicyclic amines) is 1. The van der Waals surface area contributed by atoms with E-state index in [2.05, 4.69) is 11.8 Å². The van der Waals surface area contributed by atoms with Gasteiger partial charge in [-0.1, -0.05) is 41.4 Å². The molecule has 3 rings (SSSR count). The fourth-order valence-corrected chi connectivity index (χ4v) is 3.38. The first-order valence-corrected chi connectivity index (χ1v) is 8.84. The van der Waals surface area contributed by atoms with Crippen LogP contribution in [0.25, 0.3) is 0 Å². The maximum Gasteiger partial charge on any atom is 0.138 e. The van der Waals surface area contributed by atoms with Gasteiger partial charge in [-0.15, -0.1) is 0 Å². The zero-order chi connectivity index (χ0) is 17.0. The fraction of sp³-hybridized carbons (Fsp3) is 0.368. The van der Waals surface area contributed by atoms with Crippen LogP contribution in [0, 0.1) is 0 Å². The van der Waals surface area contributed by atoms with Gasteiger partial charge in [0.2, 0.25) is 0 Å². The highest BCUT2D eigenvalue weighted by Crippen LogP contribution is 2.33. The lowest BCUT2D eigenvalue weighted by Crippen LogP contribution is -2.37. The summed E-state index contributed by atoms with van der Waals surface area (Å²) in [5.74, 6) is 1.59. The number of rotatable bonds is 6. The van der Waals surface area contributed by atoms with Gasteiger partial charge < -0.3 is 9.47 Å². The Balaban J connectivity index is 1.50. The van der Waals surface area contributed by atoms with Crippen LogP contribution < -0.4 is 9.47 Å². The highest BCUT2D eigenvalue weighted by atomic mass is 35.5. The van der Waals surface area contributed by atoms with Gasteiger partial charge in [0.15, 0.2) is 0 Å². The van der Waals surface area contributed by atoms with E-state index < -0.39 is 0 Å². The van der Waals surface area contributed by atoms with Crippen molar-refractivity contribution in [3.63, 3.8) is 0 Å². The molecule has 0 bridgehead atoms. The molecular weight excluding hydrogens is 345 g/mol. The molecule has 128 valence electrons. The third-order valence-corrected chi connectivity index (χ3v) is 4.72. The molecule has 1 heterocycles. The third-order valence-electron chi connectivity index (χ3n) is 4.18. The number of nitrogens with zero attached hydrogens (tertiary/aromatic N) is 1. The highest BCUT2D eigenvalue weighted by Gasteiger charge is 2.36. The average Bonchev–Trinajstić information content (AvgIpc) is 2.93. The van der Waals surface area contributed by atoms with Gasteiger partial charge in [0, 0.05) is 31.1 Å². The molecule has 0 saturated carbocycles. The van der Waals surface area contributed by atoms with Crippen molar-refractivity contribution in [2.45, 2.75) is 18.9 Å². The summed E-state index contributed by atoms with van der Waals surface area (Å²) in [7, 11) is 0. The summed E-state index contributed by atoms with van der Waals surface area (Å²) in [5.41, 5.74) is -0.246. The predicted octanol–water partition coefficient (Wildman–Crippen LogP) is 4.92. The molecule has 1 aliphatic heterocycles. The van der Waals surface area contributed by atoms with E-state index in [1.54, 1.807) is 12.1 Å². The Bertz CT molecular complexity index is 680. The number of para-hydroxylation sites is 1. The summed E-state index contributed by atoms with van der Waals surface area (Å²) in [6.07, 6.45) is 0.956. The maximum atomic E-state index is 6.21. The maximum absolute atomic E-state index is 6.21. The Morgan fingerprint density at radius 3 is 2.67 bits per heavy atom. The Labute approximate surface area is 153 Å². The van der Waals surface area contributed by atoms with Crippen molar-refractivity contribution in [1.29, 1.82) is 0 Å². The number of benzene rings is 2. The molecule has 1 fully saturated rings. The zero-order valence-corrected chi connectivity index (χ0v) is 15.2. The first kappa shape index (κ1) is 17.4. The van der Waals surface area contributed by atoms with Gasteiger partial charge in [-0.25, -0.2) is 0 Å². The molecule has 0 amide bonds. The quantitative estimate of drug-likeness (QED) is 0.725. The van der Waals surface area contributed by atoms with E-state index in [9.17, 15) is 0 Å². The van der Waals surface area contributed by atoms with Crippen LogP contribution in [-0.4, -0.2) is 36.7 Å². The summed E-state index contributed by atoms with van der Waals surface area (Å²) in [5, 5.41) is 1.16. The largest absolute Gasteiger partial charge is 0.492 e. The molecule has 3 nitrogen and oxygen atoms in total. The van der Waals surface area contributed by atoms with Crippen molar-refractivity contribution in [3.05, 3.63) is 58.6 Å². The topological polar surface area (TPSA) is 21.7 Å². The van der Waals surface area contributed by atoms with Gasteiger partial charge in [0.05, 0.1) is 5.02 Å². The van der Waals surface area contributed by atoms with E-state index in [1.807, 2.05) is 36.4 Å². The van der Waals surface area contributed by atoms with Gasteiger partial charge in [0.25, 0.3) is 0 Å². The lowest BCUT2D eigenvalue weighted by Gasteiger charge is -2.27. The lowest BCUT2D eigenvalue weighted by atomic mass is 10.1. The molecule has 5 heteroatoms. The van der Waals surface area contributed by atoms with Gasteiger partial charge in [-0.05, 0) is 37.3 Å². The monoisotopic (exact) mass is 365 g/mol. The van der Waals surface area contributed by atoms with Crippen LogP contribution in [0.1, 0.15) is 13.3 Å². The molecule has 1 unspecified atom stereocenters. The standard InChI is InChI=1S/C19H21Cl2NO2/c1-19(24-18-8-7-15(20)13-17(18)21)9-10-22(14-19)11-12-23-16-5-3-2-4-6-16/h2-8,13H,9-12,14H2,1H3. The van der Waals surface area contributed by atoms with Crippen LogP contribution >= 0.6 is 23.2 Å². The second kappa shape index (κ2) is 7.64. The first-order valence-electron chi connectivity index (χ1n) is 8.08. The molecule has 24 heavy (non-hydrogen) atoms. The number of hydrogen-bond donors (Lipinski definition) is 0. The van der Waals surface area contributed by atoms with Gasteiger partial charge >= 0.3 is 0 Å². The Morgan fingerprint density at radius 2 is 1.92 bits per heavy atom. The molecule has 1 saturated heterocycles. The molecule has 0 spiro atoms. The van der Waals surface area contributed by atoms with Crippen LogP contribution in [0.5, 0.6) is 11.5 Å². The van der Waals surface area contributed by atoms with Crippen molar-refractivity contribution < 1.29 is 9.47 Å². The zero-order valence-electron chi connectivity index (χ0n) is 13.7. The molecule has 0 aliphatic carbocycles. The van der Waals surface area contributed by atoms with Gasteiger partial charge in [0.1, 0.15) is 23.7 Å². The molecule has 1 atom stereocenters. The predicted molar refractivity (Wildman–Crippen MR) is 98.5 cm³/mol. The second-order valence-electron chi connectivity index (χ2n) is 6.31. The van der Waals surface area contributed by atoms with Crippen molar-refractivity contribution >= 4 is 23.2 Å². The normalized spacial score (nSPS) is 21.0. The van der Waals surface area contributed by atoms with E-state index >= 15 is 0 Å². The summed E-state index contributed by atoms with van der Waals surface area (Å²) >= 11 is 12.2. The van der Waals surface area contributed by atoms with E-state index in [1.165, 1.54) is 0 Å². The minimum absolute atomic E-state index is 0.246. The molecule has 0 aromatic heterocycles. The summed E-state index contributed by atoms with van der Waals surface area (Å²) in [6.45, 7) is 5.50. The molecule has 0 radical (unpaired) electrons. The van der Waals surface area contributed by atoms with E-state index in [4.69, 9.17) is 32.7 Å². The van der Waals surface area contributed by atoms with E-state index in [0.717, 1.165) is 31.8 Å². The molecule has 0 N–H and O–H groups in total. The smallest absolute Gasteiger partial charge is 0.138 e. The summed E-state index contributed by atoms with van der Waals surface area (Å²) in [4.78, 5) is 2.35. The first-order chi connectivity index (χ1) is 11.5. The Morgan fingerprint density at radius 1 is 1.12 bits per heavy atom. The number of hydrogen-bond acceptors (Lipinski definition) is 3. The lowest BCUT2D eigenvalue weighted by molar-refractivity contribution is 0.0936. The van der Waals surface area contributed by atoms with Crippen LogP contribution in [0.4, 0.5) is 0 Å². The van der Waals surface area contributed by atoms with Gasteiger partial charge in [-0.3, -0.25) is 4.90 Å². The highest BCUT2D eigenvalue weighted by molar-refractivity contribution is 6.35. The van der Waals surface area contributed by atoms with Gasteiger partial charge in [-0.2, -0.15) is 0 Å². The van der Waals surface area contributed by atoms with Crippen LogP contribution in [0.15, 0.2) is 48.5 Å². The number of halogens is 2. The average molecular weight is 366 g/mol. The van der Waals surface area contributed by atoms with Crippen LogP contribution in [0.2, 0.25) is 10.0 Å². The minimum Gasteiger partial charge on any atom is -0.492 e. The van der Waals surface area contributed by atoms with Crippen molar-refractivity contribution in [1.82, 2.24) is 4.90 Å².